The number of benzene rings is 1. The zero-order chi connectivity index (χ0) is 14.2. The number of thiophene rings is 1. The van der Waals surface area contributed by atoms with Gasteiger partial charge in [0.1, 0.15) is 5.82 Å². The molecule has 0 aliphatic carbocycles. The Labute approximate surface area is 134 Å². The molecule has 0 spiro atoms. The minimum Gasteiger partial charge on any atom is -0.207 e. The molecule has 2 rings (SSSR count). The highest BCUT2D eigenvalue weighted by molar-refractivity contribution is 9.11. The summed E-state index contributed by atoms with van der Waals surface area (Å²) in [4.78, 5) is 2.67. The fraction of sp³-hybridized carbons (Fsp3) is 0.333. The highest BCUT2D eigenvalue weighted by atomic mass is 79.9. The molecule has 1 heterocycles. The van der Waals surface area contributed by atoms with Crippen molar-refractivity contribution in [3.05, 3.63) is 55.9 Å². The lowest BCUT2D eigenvalue weighted by Gasteiger charge is -2.16. The van der Waals surface area contributed by atoms with Gasteiger partial charge in [0.15, 0.2) is 0 Å². The largest absolute Gasteiger partial charge is 0.207 e. The van der Waals surface area contributed by atoms with E-state index < -0.39 is 0 Å². The van der Waals surface area contributed by atoms with E-state index in [1.54, 1.807) is 11.3 Å². The molecule has 19 heavy (non-hydrogen) atoms. The second-order valence-electron chi connectivity index (χ2n) is 5.48. The van der Waals surface area contributed by atoms with Gasteiger partial charge in [-0.25, -0.2) is 4.39 Å². The molecule has 0 amide bonds. The molecule has 0 fully saturated rings. The van der Waals surface area contributed by atoms with E-state index >= 15 is 0 Å². The highest BCUT2D eigenvalue weighted by Gasteiger charge is 2.20. The smallest absolute Gasteiger partial charge is 0.124 e. The Morgan fingerprint density at radius 1 is 1.16 bits per heavy atom. The summed E-state index contributed by atoms with van der Waals surface area (Å²) in [6, 6.07) is 9.12. The van der Waals surface area contributed by atoms with Gasteiger partial charge < -0.3 is 0 Å². The summed E-state index contributed by atoms with van der Waals surface area (Å²) in [6.07, 6.45) is 0. The van der Waals surface area contributed by atoms with Gasteiger partial charge in [-0.15, -0.1) is 11.3 Å². The molecule has 0 saturated heterocycles. The minimum absolute atomic E-state index is 0.0866. The van der Waals surface area contributed by atoms with Gasteiger partial charge >= 0.3 is 0 Å². The van der Waals surface area contributed by atoms with Gasteiger partial charge in [-0.05, 0) is 35.2 Å². The number of hydrogen-bond acceptors (Lipinski definition) is 1. The van der Waals surface area contributed by atoms with Crippen molar-refractivity contribution < 1.29 is 4.39 Å². The summed E-state index contributed by atoms with van der Waals surface area (Å²) in [7, 11) is 0. The first kappa shape index (κ1) is 15.2. The molecule has 2 aromatic rings. The zero-order valence-corrected chi connectivity index (χ0v) is 15.0. The molecule has 1 aromatic carbocycles. The van der Waals surface area contributed by atoms with E-state index in [0.29, 0.717) is 0 Å². The molecule has 0 radical (unpaired) electrons. The zero-order valence-electron chi connectivity index (χ0n) is 11.0. The number of halogens is 3. The van der Waals surface area contributed by atoms with Crippen LogP contribution < -0.4 is 0 Å². The van der Waals surface area contributed by atoms with Crippen LogP contribution in [0.15, 0.2) is 34.8 Å². The van der Waals surface area contributed by atoms with Crippen LogP contribution in [0, 0.1) is 5.82 Å². The van der Waals surface area contributed by atoms with Crippen molar-refractivity contribution >= 4 is 43.2 Å². The maximum atomic E-state index is 13.1. The number of alkyl halides is 1. The van der Waals surface area contributed by atoms with Crippen LogP contribution in [-0.2, 0) is 5.41 Å². The van der Waals surface area contributed by atoms with Crippen molar-refractivity contribution in [1.82, 2.24) is 0 Å². The monoisotopic (exact) mass is 404 g/mol. The molecule has 0 N–H and O–H groups in total. The first-order valence-electron chi connectivity index (χ1n) is 5.98. The van der Waals surface area contributed by atoms with Gasteiger partial charge in [0.25, 0.3) is 0 Å². The van der Waals surface area contributed by atoms with Crippen LogP contribution in [0.4, 0.5) is 4.39 Å². The molecule has 4 heteroatoms. The maximum Gasteiger partial charge on any atom is 0.124 e. The molecule has 0 aliphatic rings. The first-order chi connectivity index (χ1) is 8.79. The van der Waals surface area contributed by atoms with Crippen molar-refractivity contribution in [2.45, 2.75) is 31.0 Å². The Hall–Kier alpha value is -0.190. The fourth-order valence-corrected chi connectivity index (χ4v) is 4.53. The number of hydrogen-bond donors (Lipinski definition) is 0. The standard InChI is InChI=1S/C15H15Br2FS/c1-15(2,3)13-7-6-12(19-13)14(17)10-5-4-9(18)8-11(10)16/h4-8,14H,1-3H3. The molecule has 1 atom stereocenters. The molecule has 1 aromatic heterocycles. The van der Waals surface area contributed by atoms with Gasteiger partial charge in [0.2, 0.25) is 0 Å². The summed E-state index contributed by atoms with van der Waals surface area (Å²) in [5.74, 6) is -0.225. The van der Waals surface area contributed by atoms with Crippen LogP contribution in [0.3, 0.4) is 0 Å². The molecule has 102 valence electrons. The Bertz CT molecular complexity index is 584. The second kappa shape index (κ2) is 5.66. The number of rotatable bonds is 2. The van der Waals surface area contributed by atoms with Crippen LogP contribution in [0.2, 0.25) is 0 Å². The van der Waals surface area contributed by atoms with E-state index in [1.165, 1.54) is 21.9 Å². The third-order valence-corrected chi connectivity index (χ3v) is 6.40. The van der Waals surface area contributed by atoms with Crippen molar-refractivity contribution in [2.75, 3.05) is 0 Å². The van der Waals surface area contributed by atoms with E-state index in [0.717, 1.165) is 10.0 Å². The summed E-state index contributed by atoms with van der Waals surface area (Å²) < 4.78 is 13.9. The summed E-state index contributed by atoms with van der Waals surface area (Å²) in [5.41, 5.74) is 1.21. The lowest BCUT2D eigenvalue weighted by Crippen LogP contribution is -2.07. The normalized spacial score (nSPS) is 13.6. The van der Waals surface area contributed by atoms with E-state index in [-0.39, 0.29) is 16.1 Å². The van der Waals surface area contributed by atoms with Crippen molar-refractivity contribution in [1.29, 1.82) is 0 Å². The fourth-order valence-electron chi connectivity index (χ4n) is 1.75. The predicted octanol–water partition coefficient (Wildman–Crippen LogP) is 6.43. The van der Waals surface area contributed by atoms with Crippen molar-refractivity contribution in [3.8, 4) is 0 Å². The molecular weight excluding hydrogens is 391 g/mol. The predicted molar refractivity (Wildman–Crippen MR) is 87.9 cm³/mol. The average Bonchev–Trinajstić information content (AvgIpc) is 2.76. The van der Waals surface area contributed by atoms with E-state index in [9.17, 15) is 4.39 Å². The average molecular weight is 406 g/mol. The summed E-state index contributed by atoms with van der Waals surface area (Å²) in [6.45, 7) is 6.62. The quantitative estimate of drug-likeness (QED) is 0.504. The topological polar surface area (TPSA) is 0 Å². The highest BCUT2D eigenvalue weighted by Crippen LogP contribution is 2.41. The van der Waals surface area contributed by atoms with Crippen molar-refractivity contribution in [3.63, 3.8) is 0 Å². The van der Waals surface area contributed by atoms with Crippen LogP contribution in [0.5, 0.6) is 0 Å². The maximum absolute atomic E-state index is 13.1. The molecule has 0 saturated carbocycles. The summed E-state index contributed by atoms with van der Waals surface area (Å²) >= 11 is 8.93. The Kier molecular flexibility index (Phi) is 4.53. The minimum atomic E-state index is -0.225. The van der Waals surface area contributed by atoms with Crippen LogP contribution in [0.25, 0.3) is 0 Å². The molecular formula is C15H15Br2FS. The first-order valence-corrected chi connectivity index (χ1v) is 8.51. The Morgan fingerprint density at radius 3 is 2.37 bits per heavy atom. The van der Waals surface area contributed by atoms with Crippen molar-refractivity contribution in [2.24, 2.45) is 0 Å². The van der Waals surface area contributed by atoms with Gasteiger partial charge in [0, 0.05) is 14.2 Å². The third-order valence-electron chi connectivity index (χ3n) is 2.85. The third kappa shape index (κ3) is 3.47. The van der Waals surface area contributed by atoms with Crippen LogP contribution >= 0.6 is 43.2 Å². The molecule has 0 bridgehead atoms. The van der Waals surface area contributed by atoms with E-state index in [2.05, 4.69) is 64.8 Å². The van der Waals surface area contributed by atoms with Gasteiger partial charge in [-0.3, -0.25) is 0 Å². The molecule has 1 unspecified atom stereocenters. The second-order valence-corrected chi connectivity index (χ2v) is 8.37. The van der Waals surface area contributed by atoms with Gasteiger partial charge in [0.05, 0.1) is 4.83 Å². The molecule has 0 nitrogen and oxygen atoms in total. The lowest BCUT2D eigenvalue weighted by molar-refractivity contribution is 0.604. The lowest BCUT2D eigenvalue weighted by atomic mass is 9.95. The Morgan fingerprint density at radius 2 is 1.84 bits per heavy atom. The van der Waals surface area contributed by atoms with Gasteiger partial charge in [-0.2, -0.15) is 0 Å². The SMILES string of the molecule is CC(C)(C)c1ccc(C(Br)c2ccc(F)cc2Br)s1. The van der Waals surface area contributed by atoms with Crippen LogP contribution in [0.1, 0.15) is 40.9 Å². The summed E-state index contributed by atoms with van der Waals surface area (Å²) in [5, 5.41) is 0. The van der Waals surface area contributed by atoms with E-state index in [1.807, 2.05) is 6.07 Å². The Balaban J connectivity index is 2.34. The van der Waals surface area contributed by atoms with Gasteiger partial charge in [-0.1, -0.05) is 58.7 Å². The molecule has 0 aliphatic heterocycles. The van der Waals surface area contributed by atoms with E-state index in [4.69, 9.17) is 0 Å². The van der Waals surface area contributed by atoms with Crippen LogP contribution in [-0.4, -0.2) is 0 Å².